The van der Waals surface area contributed by atoms with Crippen LogP contribution in [0.25, 0.3) is 11.1 Å². The van der Waals surface area contributed by atoms with Gasteiger partial charge in [-0.25, -0.2) is 4.79 Å². The van der Waals surface area contributed by atoms with Crippen molar-refractivity contribution in [2.24, 2.45) is 11.3 Å². The monoisotopic (exact) mass is 478 g/mol. The summed E-state index contributed by atoms with van der Waals surface area (Å²) in [6.45, 7) is 3.05. The maximum atomic E-state index is 12.4. The Labute approximate surface area is 206 Å². The third-order valence-electron chi connectivity index (χ3n) is 7.45. The predicted octanol–water partition coefficient (Wildman–Crippen LogP) is 4.70. The highest BCUT2D eigenvalue weighted by Gasteiger charge is 2.50. The summed E-state index contributed by atoms with van der Waals surface area (Å²) in [5, 5.41) is 14.8. The lowest BCUT2D eigenvalue weighted by Gasteiger charge is -2.17. The summed E-state index contributed by atoms with van der Waals surface area (Å²) in [5.74, 6) is -0.612. The normalized spacial score (nSPS) is 16.0. The predicted molar refractivity (Wildman–Crippen MR) is 133 cm³/mol. The van der Waals surface area contributed by atoms with Crippen LogP contribution in [-0.4, -0.2) is 42.8 Å². The molecule has 3 N–H and O–H groups in total. The standard InChI is InChI=1S/C28H34N2O5/c1-2-19(11-12-25(31)30-18-28(14-15-28)26(32)33)13-16-29-27(34)35-17-24-22-9-5-3-7-20(22)21-8-4-6-10-23(21)24/h3-10,19,24H,2,11-18H2,1H3,(H,29,34)(H,30,31)(H,32,33). The maximum absolute atomic E-state index is 12.4. The van der Waals surface area contributed by atoms with Crippen LogP contribution in [0, 0.1) is 11.3 Å². The van der Waals surface area contributed by atoms with Gasteiger partial charge in [-0.05, 0) is 53.9 Å². The van der Waals surface area contributed by atoms with Gasteiger partial charge in [0, 0.05) is 25.4 Å². The van der Waals surface area contributed by atoms with Crippen molar-refractivity contribution in [1.82, 2.24) is 10.6 Å². The fraction of sp³-hybridized carbons (Fsp3) is 0.464. The number of amides is 2. The molecule has 2 aliphatic rings. The molecule has 35 heavy (non-hydrogen) atoms. The van der Waals surface area contributed by atoms with Gasteiger partial charge in [0.25, 0.3) is 0 Å². The number of carbonyl (C=O) groups excluding carboxylic acids is 2. The lowest BCUT2D eigenvalue weighted by molar-refractivity contribution is -0.143. The number of hydrogen-bond acceptors (Lipinski definition) is 4. The minimum Gasteiger partial charge on any atom is -0.481 e. The summed E-state index contributed by atoms with van der Waals surface area (Å²) in [5.41, 5.74) is 4.01. The van der Waals surface area contributed by atoms with Gasteiger partial charge in [0.1, 0.15) is 6.61 Å². The first-order valence-corrected chi connectivity index (χ1v) is 12.5. The van der Waals surface area contributed by atoms with Crippen LogP contribution in [0.5, 0.6) is 0 Å². The molecule has 0 heterocycles. The summed E-state index contributed by atoms with van der Waals surface area (Å²) >= 11 is 0. The Morgan fingerprint density at radius 1 is 1.00 bits per heavy atom. The molecule has 0 spiro atoms. The van der Waals surface area contributed by atoms with Gasteiger partial charge in [-0.3, -0.25) is 9.59 Å². The molecule has 186 valence electrons. The average molecular weight is 479 g/mol. The van der Waals surface area contributed by atoms with Crippen LogP contribution in [-0.2, 0) is 14.3 Å². The summed E-state index contributed by atoms with van der Waals surface area (Å²) in [6, 6.07) is 16.5. The van der Waals surface area contributed by atoms with Gasteiger partial charge in [0.05, 0.1) is 5.41 Å². The zero-order chi connectivity index (χ0) is 24.8. The second-order valence-corrected chi connectivity index (χ2v) is 9.72. The number of carbonyl (C=O) groups is 3. The van der Waals surface area contributed by atoms with Crippen molar-refractivity contribution in [3.8, 4) is 11.1 Å². The van der Waals surface area contributed by atoms with Crippen molar-refractivity contribution in [1.29, 1.82) is 0 Å². The highest BCUT2D eigenvalue weighted by atomic mass is 16.5. The molecule has 1 fully saturated rings. The molecule has 2 amide bonds. The van der Waals surface area contributed by atoms with Gasteiger partial charge >= 0.3 is 12.1 Å². The zero-order valence-electron chi connectivity index (χ0n) is 20.2. The van der Waals surface area contributed by atoms with E-state index < -0.39 is 17.5 Å². The molecular weight excluding hydrogens is 444 g/mol. The van der Waals surface area contributed by atoms with Gasteiger partial charge in [0.15, 0.2) is 0 Å². The third kappa shape index (κ3) is 5.84. The van der Waals surface area contributed by atoms with E-state index in [1.54, 1.807) is 0 Å². The van der Waals surface area contributed by atoms with Crippen molar-refractivity contribution in [2.75, 3.05) is 19.7 Å². The Kier molecular flexibility index (Phi) is 7.73. The van der Waals surface area contributed by atoms with Crippen LogP contribution in [0.4, 0.5) is 4.79 Å². The first-order valence-electron chi connectivity index (χ1n) is 12.5. The van der Waals surface area contributed by atoms with Gasteiger partial charge < -0.3 is 20.5 Å². The number of rotatable bonds is 12. The number of alkyl carbamates (subject to hydrolysis) is 1. The lowest BCUT2D eigenvalue weighted by Crippen LogP contribution is -2.34. The highest BCUT2D eigenvalue weighted by molar-refractivity contribution is 5.81. The molecule has 2 aromatic carbocycles. The van der Waals surface area contributed by atoms with Crippen LogP contribution in [0.3, 0.4) is 0 Å². The van der Waals surface area contributed by atoms with E-state index in [9.17, 15) is 19.5 Å². The molecule has 0 aromatic heterocycles. The van der Waals surface area contributed by atoms with Crippen LogP contribution in [0.1, 0.15) is 62.5 Å². The molecule has 2 aliphatic carbocycles. The number of hydrogen-bond donors (Lipinski definition) is 3. The van der Waals surface area contributed by atoms with Crippen LogP contribution < -0.4 is 10.6 Å². The van der Waals surface area contributed by atoms with Crippen LogP contribution in [0.2, 0.25) is 0 Å². The Hall–Kier alpha value is -3.35. The van der Waals surface area contributed by atoms with Gasteiger partial charge in [-0.1, -0.05) is 61.9 Å². The molecule has 7 heteroatoms. The van der Waals surface area contributed by atoms with Crippen molar-refractivity contribution in [3.63, 3.8) is 0 Å². The molecule has 1 atom stereocenters. The van der Waals surface area contributed by atoms with E-state index in [4.69, 9.17) is 4.74 Å². The molecule has 7 nitrogen and oxygen atoms in total. The summed E-state index contributed by atoms with van der Waals surface area (Å²) in [6.07, 6.45) is 3.55. The minimum atomic E-state index is -0.830. The molecule has 0 radical (unpaired) electrons. The number of ether oxygens (including phenoxy) is 1. The zero-order valence-corrected chi connectivity index (χ0v) is 20.2. The molecule has 1 unspecified atom stereocenters. The van der Waals surface area contributed by atoms with E-state index in [1.165, 1.54) is 22.3 Å². The number of aliphatic carboxylic acids is 1. The number of nitrogens with one attached hydrogen (secondary N) is 2. The Morgan fingerprint density at radius 2 is 1.63 bits per heavy atom. The van der Waals surface area contributed by atoms with Crippen molar-refractivity contribution in [2.45, 2.75) is 51.4 Å². The summed E-state index contributed by atoms with van der Waals surface area (Å²) in [7, 11) is 0. The topological polar surface area (TPSA) is 105 Å². The first kappa shape index (κ1) is 24.8. The number of fused-ring (bicyclic) bond motifs is 3. The Balaban J connectivity index is 1.17. The molecule has 0 saturated heterocycles. The van der Waals surface area contributed by atoms with Gasteiger partial charge in [-0.15, -0.1) is 0 Å². The molecule has 2 aromatic rings. The summed E-state index contributed by atoms with van der Waals surface area (Å²) < 4.78 is 5.58. The maximum Gasteiger partial charge on any atom is 0.407 e. The van der Waals surface area contributed by atoms with E-state index >= 15 is 0 Å². The van der Waals surface area contributed by atoms with E-state index in [0.717, 1.165) is 12.8 Å². The number of carboxylic acid groups (broad SMARTS) is 1. The lowest BCUT2D eigenvalue weighted by atomic mass is 9.96. The number of benzene rings is 2. The fourth-order valence-electron chi connectivity index (χ4n) is 4.89. The van der Waals surface area contributed by atoms with Crippen molar-refractivity contribution < 1.29 is 24.2 Å². The second kappa shape index (κ2) is 10.9. The van der Waals surface area contributed by atoms with Gasteiger partial charge in [0.2, 0.25) is 5.91 Å². The Morgan fingerprint density at radius 3 is 2.20 bits per heavy atom. The van der Waals surface area contributed by atoms with Crippen molar-refractivity contribution >= 4 is 18.0 Å². The smallest absolute Gasteiger partial charge is 0.407 e. The van der Waals surface area contributed by atoms with Gasteiger partial charge in [-0.2, -0.15) is 0 Å². The molecular formula is C28H34N2O5. The largest absolute Gasteiger partial charge is 0.481 e. The SMILES string of the molecule is CCC(CCNC(=O)OCC1c2ccccc2-c2ccccc21)CCC(=O)NCC1(C(=O)O)CC1. The molecule has 4 rings (SSSR count). The van der Waals surface area contributed by atoms with Crippen LogP contribution in [0.15, 0.2) is 48.5 Å². The minimum absolute atomic E-state index is 0.0333. The van der Waals surface area contributed by atoms with Crippen LogP contribution >= 0.6 is 0 Å². The molecule has 0 bridgehead atoms. The van der Waals surface area contributed by atoms with E-state index in [1.807, 2.05) is 24.3 Å². The number of carboxylic acids is 1. The quantitative estimate of drug-likeness (QED) is 0.410. The Bertz CT molecular complexity index is 1030. The average Bonchev–Trinajstić information content (AvgIpc) is 3.60. The highest BCUT2D eigenvalue weighted by Crippen LogP contribution is 2.45. The summed E-state index contributed by atoms with van der Waals surface area (Å²) in [4.78, 5) is 35.7. The second-order valence-electron chi connectivity index (χ2n) is 9.72. The fourth-order valence-corrected chi connectivity index (χ4v) is 4.89. The van der Waals surface area contributed by atoms with E-state index in [-0.39, 0.29) is 25.0 Å². The molecule has 0 aliphatic heterocycles. The van der Waals surface area contributed by atoms with E-state index in [2.05, 4.69) is 41.8 Å². The van der Waals surface area contributed by atoms with Crippen molar-refractivity contribution in [3.05, 3.63) is 59.7 Å². The third-order valence-corrected chi connectivity index (χ3v) is 7.45. The molecule has 1 saturated carbocycles. The van der Waals surface area contributed by atoms with E-state index in [0.29, 0.717) is 38.1 Å². The first-order chi connectivity index (χ1) is 16.9.